The van der Waals surface area contributed by atoms with E-state index in [2.05, 4.69) is 34.3 Å². The Morgan fingerprint density at radius 3 is 1.88 bits per heavy atom. The van der Waals surface area contributed by atoms with E-state index in [1.165, 1.54) is 65.1 Å². The van der Waals surface area contributed by atoms with E-state index in [-0.39, 0.29) is 0 Å². The Labute approximate surface area is 113 Å². The fourth-order valence-electron chi connectivity index (χ4n) is 2.65. The number of rotatable bonds is 11. The van der Waals surface area contributed by atoms with Crippen LogP contribution in [0.3, 0.4) is 0 Å². The van der Waals surface area contributed by atoms with Gasteiger partial charge < -0.3 is 0 Å². The van der Waals surface area contributed by atoms with Gasteiger partial charge in [-0.1, -0.05) is 0 Å². The number of hydrogen-bond donors (Lipinski definition) is 0. The van der Waals surface area contributed by atoms with Gasteiger partial charge in [0.05, 0.1) is 0 Å². The van der Waals surface area contributed by atoms with Gasteiger partial charge in [-0.2, -0.15) is 0 Å². The molecule has 0 unspecified atom stereocenters. The second-order valence-electron chi connectivity index (χ2n) is 5.62. The van der Waals surface area contributed by atoms with Crippen LogP contribution in [0.1, 0.15) is 66.2 Å². The van der Waals surface area contributed by atoms with Crippen LogP contribution in [0.25, 0.3) is 0 Å². The topological polar surface area (TPSA) is 0 Å². The molecule has 0 amide bonds. The van der Waals surface area contributed by atoms with Crippen LogP contribution in [0.5, 0.6) is 0 Å². The number of unbranched alkanes of at least 4 members (excludes halogenated alkanes) is 3. The van der Waals surface area contributed by atoms with Crippen molar-refractivity contribution >= 4 is 13.3 Å². The SMILES string of the molecule is C=C(CCCCCC)C[CH2][Ge]([CH2]C)([CH2]C)[CH2]C. The Morgan fingerprint density at radius 1 is 0.824 bits per heavy atom. The normalized spacial score (nSPS) is 11.8. The molecule has 17 heavy (non-hydrogen) atoms. The molecule has 0 aliphatic rings. The van der Waals surface area contributed by atoms with Gasteiger partial charge in [0.25, 0.3) is 0 Å². The van der Waals surface area contributed by atoms with Crippen molar-refractivity contribution in [2.45, 2.75) is 87.2 Å². The third-order valence-electron chi connectivity index (χ3n) is 4.64. The average Bonchev–Trinajstić information content (AvgIpc) is 2.37. The molecule has 0 aromatic rings. The van der Waals surface area contributed by atoms with Crippen molar-refractivity contribution in [2.75, 3.05) is 0 Å². The van der Waals surface area contributed by atoms with Crippen molar-refractivity contribution in [3.63, 3.8) is 0 Å². The molecular formula is C16H34Ge. The van der Waals surface area contributed by atoms with Crippen LogP contribution in [0.4, 0.5) is 0 Å². The third-order valence-corrected chi connectivity index (χ3v) is 16.8. The summed E-state index contributed by atoms with van der Waals surface area (Å²) in [4.78, 5) is 0. The summed E-state index contributed by atoms with van der Waals surface area (Å²) < 4.78 is 0. The predicted octanol–water partition coefficient (Wildman–Crippen LogP) is 6.41. The van der Waals surface area contributed by atoms with Gasteiger partial charge in [0, 0.05) is 0 Å². The minimum atomic E-state index is -1.42. The van der Waals surface area contributed by atoms with Crippen LogP contribution in [0.15, 0.2) is 12.2 Å². The van der Waals surface area contributed by atoms with Crippen molar-refractivity contribution in [1.29, 1.82) is 0 Å². The summed E-state index contributed by atoms with van der Waals surface area (Å²) in [6.07, 6.45) is 8.13. The zero-order chi connectivity index (χ0) is 13.1. The molecule has 1 heteroatoms. The minimum absolute atomic E-state index is 1.29. The molecule has 0 spiro atoms. The van der Waals surface area contributed by atoms with Crippen LogP contribution >= 0.6 is 0 Å². The van der Waals surface area contributed by atoms with Crippen LogP contribution in [-0.4, -0.2) is 13.3 Å². The maximum atomic E-state index is 4.29. The van der Waals surface area contributed by atoms with E-state index in [9.17, 15) is 0 Å². The summed E-state index contributed by atoms with van der Waals surface area (Å²) in [7, 11) is 0. The van der Waals surface area contributed by atoms with Crippen molar-refractivity contribution < 1.29 is 0 Å². The molecule has 0 fully saturated rings. The zero-order valence-electron chi connectivity index (χ0n) is 12.8. The van der Waals surface area contributed by atoms with Gasteiger partial charge in [-0.3, -0.25) is 0 Å². The Kier molecular flexibility index (Phi) is 10.4. The van der Waals surface area contributed by atoms with Gasteiger partial charge in [0.1, 0.15) is 0 Å². The standard InChI is InChI=1S/C16H34Ge/c1-6-10-11-12-13-16(5)14-15-17(7-2,8-3)9-4/h5-15H2,1-4H3. The molecule has 0 aromatic heterocycles. The Morgan fingerprint density at radius 2 is 1.41 bits per heavy atom. The molecule has 0 rings (SSSR count). The molecule has 0 aliphatic carbocycles. The van der Waals surface area contributed by atoms with Gasteiger partial charge >= 0.3 is 113 Å². The summed E-state index contributed by atoms with van der Waals surface area (Å²) in [6, 6.07) is 0. The Hall–Kier alpha value is 0.283. The molecule has 0 N–H and O–H groups in total. The molecular weight excluding hydrogens is 265 g/mol. The number of allylic oxidation sites excluding steroid dienone is 1. The molecule has 0 radical (unpaired) electrons. The quantitative estimate of drug-likeness (QED) is 0.235. The fourth-order valence-corrected chi connectivity index (χ4v) is 9.88. The first-order valence-electron chi connectivity index (χ1n) is 7.80. The molecule has 0 aromatic carbocycles. The van der Waals surface area contributed by atoms with Crippen molar-refractivity contribution in [1.82, 2.24) is 0 Å². The molecule has 0 saturated carbocycles. The molecule has 0 nitrogen and oxygen atoms in total. The predicted molar refractivity (Wildman–Crippen MR) is 84.5 cm³/mol. The Bertz CT molecular complexity index is 183. The first-order chi connectivity index (χ1) is 8.14. The first-order valence-corrected chi connectivity index (χ1v) is 13.7. The third kappa shape index (κ3) is 7.33. The van der Waals surface area contributed by atoms with Gasteiger partial charge in [0.2, 0.25) is 0 Å². The molecule has 0 bridgehead atoms. The van der Waals surface area contributed by atoms with Crippen LogP contribution in [0, 0.1) is 0 Å². The van der Waals surface area contributed by atoms with E-state index >= 15 is 0 Å². The van der Waals surface area contributed by atoms with Crippen LogP contribution < -0.4 is 0 Å². The van der Waals surface area contributed by atoms with E-state index in [0.717, 1.165) is 0 Å². The van der Waals surface area contributed by atoms with E-state index in [1.54, 1.807) is 0 Å². The maximum absolute atomic E-state index is 4.29. The summed E-state index contributed by atoms with van der Waals surface area (Å²) in [5.41, 5.74) is 1.53. The van der Waals surface area contributed by atoms with Gasteiger partial charge in [-0.15, -0.1) is 0 Å². The van der Waals surface area contributed by atoms with Gasteiger partial charge in [-0.05, 0) is 0 Å². The first kappa shape index (κ1) is 17.3. The second kappa shape index (κ2) is 10.2. The van der Waals surface area contributed by atoms with E-state index in [0.29, 0.717) is 0 Å². The molecule has 102 valence electrons. The average molecular weight is 299 g/mol. The van der Waals surface area contributed by atoms with Crippen molar-refractivity contribution in [2.24, 2.45) is 0 Å². The van der Waals surface area contributed by atoms with Crippen molar-refractivity contribution in [3.8, 4) is 0 Å². The molecule has 0 saturated heterocycles. The van der Waals surface area contributed by atoms with Gasteiger partial charge in [-0.25, -0.2) is 0 Å². The summed E-state index contributed by atoms with van der Waals surface area (Å²) in [5.74, 6) is 0. The van der Waals surface area contributed by atoms with Crippen LogP contribution in [0.2, 0.25) is 21.0 Å². The molecule has 0 atom stereocenters. The second-order valence-corrected chi connectivity index (χ2v) is 17.4. The zero-order valence-corrected chi connectivity index (χ0v) is 14.9. The van der Waals surface area contributed by atoms with Crippen LogP contribution in [-0.2, 0) is 0 Å². The summed E-state index contributed by atoms with van der Waals surface area (Å²) >= 11 is -1.42. The molecule has 0 aliphatic heterocycles. The van der Waals surface area contributed by atoms with Crippen molar-refractivity contribution in [3.05, 3.63) is 12.2 Å². The number of hydrogen-bond acceptors (Lipinski definition) is 0. The van der Waals surface area contributed by atoms with E-state index in [1.807, 2.05) is 0 Å². The van der Waals surface area contributed by atoms with E-state index in [4.69, 9.17) is 0 Å². The summed E-state index contributed by atoms with van der Waals surface area (Å²) in [6.45, 7) is 13.8. The summed E-state index contributed by atoms with van der Waals surface area (Å²) in [5, 5.41) is 6.07. The van der Waals surface area contributed by atoms with E-state index < -0.39 is 13.3 Å². The fraction of sp³-hybridized carbons (Fsp3) is 0.875. The molecule has 0 heterocycles. The monoisotopic (exact) mass is 300 g/mol. The Balaban J connectivity index is 3.81. The van der Waals surface area contributed by atoms with Gasteiger partial charge in [0.15, 0.2) is 0 Å².